The van der Waals surface area contributed by atoms with Crippen molar-refractivity contribution in [2.45, 2.75) is 12.8 Å². The molecule has 126 valence electrons. The zero-order valence-electron chi connectivity index (χ0n) is 14.6. The highest BCUT2D eigenvalue weighted by Gasteiger charge is 2.25. The van der Waals surface area contributed by atoms with Crippen molar-refractivity contribution >= 4 is 11.7 Å². The van der Waals surface area contributed by atoms with Crippen LogP contribution in [0.5, 0.6) is 0 Å². The summed E-state index contributed by atoms with van der Waals surface area (Å²) in [6.45, 7) is 2.44. The molecule has 1 aromatic rings. The average molecular weight is 317 g/mol. The van der Waals surface area contributed by atoms with Gasteiger partial charge in [-0.2, -0.15) is 0 Å². The lowest BCUT2D eigenvalue weighted by atomic mass is 10.0. The molecule has 2 heterocycles. The number of anilines is 1. The zero-order chi connectivity index (χ0) is 16.8. The fourth-order valence-electron chi connectivity index (χ4n) is 2.71. The Morgan fingerprint density at radius 3 is 2.83 bits per heavy atom. The second-order valence-electron chi connectivity index (χ2n) is 6.57. The van der Waals surface area contributed by atoms with Crippen LogP contribution in [0.25, 0.3) is 0 Å². The predicted octanol–water partition coefficient (Wildman–Crippen LogP) is 1.05. The summed E-state index contributed by atoms with van der Waals surface area (Å²) in [6.07, 6.45) is 7.16. The van der Waals surface area contributed by atoms with Gasteiger partial charge >= 0.3 is 0 Å². The molecule has 0 saturated carbocycles. The molecule has 1 saturated heterocycles. The van der Waals surface area contributed by atoms with Gasteiger partial charge in [-0.05, 0) is 32.9 Å². The third-order valence-corrected chi connectivity index (χ3v) is 3.99. The molecule has 1 unspecified atom stereocenters. The van der Waals surface area contributed by atoms with E-state index in [0.29, 0.717) is 5.92 Å². The minimum absolute atomic E-state index is 0.117. The van der Waals surface area contributed by atoms with Crippen LogP contribution in [0.4, 0.5) is 5.82 Å². The van der Waals surface area contributed by atoms with E-state index in [1.54, 1.807) is 12.4 Å². The molecule has 1 fully saturated rings. The first kappa shape index (κ1) is 17.4. The molecule has 0 spiro atoms. The topological polar surface area (TPSA) is 52.6 Å². The summed E-state index contributed by atoms with van der Waals surface area (Å²) in [4.78, 5) is 26.7. The van der Waals surface area contributed by atoms with Gasteiger partial charge in [0.05, 0.1) is 0 Å². The summed E-state index contributed by atoms with van der Waals surface area (Å²) in [6, 6.07) is 2.03. The Kier molecular flexibility index (Phi) is 6.10. The van der Waals surface area contributed by atoms with Gasteiger partial charge in [-0.25, -0.2) is 9.97 Å². The summed E-state index contributed by atoms with van der Waals surface area (Å²) in [5.74, 6) is 1.52. The number of nitrogens with zero attached hydrogens (tertiary/aromatic N) is 5. The molecule has 23 heavy (non-hydrogen) atoms. The van der Waals surface area contributed by atoms with Crippen LogP contribution < -0.4 is 4.90 Å². The van der Waals surface area contributed by atoms with Gasteiger partial charge in [0.15, 0.2) is 0 Å². The second kappa shape index (κ2) is 8.06. The van der Waals surface area contributed by atoms with E-state index >= 15 is 0 Å². The fraction of sp³-hybridized carbons (Fsp3) is 0.588. The number of likely N-dealkylation sites (tertiary alicyclic amines) is 1. The molecule has 0 aromatic carbocycles. The molecule has 0 aliphatic carbocycles. The molecular weight excluding hydrogens is 290 g/mol. The van der Waals surface area contributed by atoms with Crippen molar-refractivity contribution in [1.29, 1.82) is 0 Å². The Bertz CT molecular complexity index is 556. The van der Waals surface area contributed by atoms with Crippen LogP contribution in [-0.2, 0) is 11.2 Å². The summed E-state index contributed by atoms with van der Waals surface area (Å²) in [5, 5.41) is 0. The molecule has 1 aromatic heterocycles. The molecule has 1 amide bonds. The lowest BCUT2D eigenvalue weighted by molar-refractivity contribution is -0.125. The zero-order valence-corrected chi connectivity index (χ0v) is 14.6. The van der Waals surface area contributed by atoms with Gasteiger partial charge < -0.3 is 14.7 Å². The van der Waals surface area contributed by atoms with Gasteiger partial charge in [0.2, 0.25) is 5.91 Å². The van der Waals surface area contributed by atoms with Gasteiger partial charge in [0.1, 0.15) is 12.1 Å². The highest BCUT2D eigenvalue weighted by molar-refractivity contribution is 5.87. The van der Waals surface area contributed by atoms with Gasteiger partial charge in [0.25, 0.3) is 0 Å². The van der Waals surface area contributed by atoms with E-state index in [1.807, 2.05) is 55.0 Å². The number of rotatable bonds is 6. The van der Waals surface area contributed by atoms with E-state index in [9.17, 15) is 4.79 Å². The van der Waals surface area contributed by atoms with Gasteiger partial charge in [-0.3, -0.25) is 4.79 Å². The van der Waals surface area contributed by atoms with Crippen molar-refractivity contribution in [2.75, 3.05) is 52.7 Å². The quantitative estimate of drug-likeness (QED) is 0.734. The number of hydrogen-bond acceptors (Lipinski definition) is 5. The third kappa shape index (κ3) is 5.32. The number of carbonyl (C=O) groups is 1. The number of hydrogen-bond donors (Lipinski definition) is 0. The molecule has 6 heteroatoms. The normalized spacial score (nSPS) is 18.1. The number of aromatic nitrogens is 2. The van der Waals surface area contributed by atoms with Crippen molar-refractivity contribution in [2.24, 2.45) is 5.92 Å². The maximum Gasteiger partial charge on any atom is 0.246 e. The molecular formula is C17H27N5O. The third-order valence-electron chi connectivity index (χ3n) is 3.99. The van der Waals surface area contributed by atoms with Crippen LogP contribution >= 0.6 is 0 Å². The van der Waals surface area contributed by atoms with E-state index in [2.05, 4.69) is 9.97 Å². The van der Waals surface area contributed by atoms with Crippen molar-refractivity contribution in [3.63, 3.8) is 0 Å². The van der Waals surface area contributed by atoms with Gasteiger partial charge in [-0.15, -0.1) is 0 Å². The summed E-state index contributed by atoms with van der Waals surface area (Å²) in [5.41, 5.74) is 1.05. The largest absolute Gasteiger partial charge is 0.363 e. The maximum absolute atomic E-state index is 12.2. The molecule has 1 aliphatic rings. The minimum atomic E-state index is 0.117. The lowest BCUT2D eigenvalue weighted by Crippen LogP contribution is -2.27. The number of amides is 1. The molecule has 1 atom stereocenters. The SMILES string of the molecule is CN(C)C/C=C/C(=O)N1CCC(Cc2cc(N(C)C)ncn2)C1. The number of carbonyl (C=O) groups excluding carboxylic acids is 1. The highest BCUT2D eigenvalue weighted by Crippen LogP contribution is 2.21. The summed E-state index contributed by atoms with van der Waals surface area (Å²) in [7, 11) is 7.93. The Morgan fingerprint density at radius 1 is 1.35 bits per heavy atom. The number of likely N-dealkylation sites (N-methyl/N-ethyl adjacent to an activating group) is 1. The molecule has 6 nitrogen and oxygen atoms in total. The first-order chi connectivity index (χ1) is 11.0. The van der Waals surface area contributed by atoms with Crippen LogP contribution in [-0.4, -0.2) is 73.5 Å². The van der Waals surface area contributed by atoms with Crippen LogP contribution in [0, 0.1) is 5.92 Å². The van der Waals surface area contributed by atoms with Crippen LogP contribution in [0.3, 0.4) is 0 Å². The van der Waals surface area contributed by atoms with Crippen LogP contribution in [0.15, 0.2) is 24.5 Å². The second-order valence-corrected chi connectivity index (χ2v) is 6.57. The fourth-order valence-corrected chi connectivity index (χ4v) is 2.71. The first-order valence-corrected chi connectivity index (χ1v) is 8.04. The molecule has 2 rings (SSSR count). The van der Waals surface area contributed by atoms with Crippen molar-refractivity contribution in [1.82, 2.24) is 19.8 Å². The van der Waals surface area contributed by atoms with E-state index in [1.165, 1.54) is 0 Å². The van der Waals surface area contributed by atoms with Crippen molar-refractivity contribution in [3.8, 4) is 0 Å². The average Bonchev–Trinajstić information content (AvgIpc) is 2.95. The Balaban J connectivity index is 1.87. The maximum atomic E-state index is 12.2. The molecule has 1 aliphatic heterocycles. The monoisotopic (exact) mass is 317 g/mol. The van der Waals surface area contributed by atoms with Crippen molar-refractivity contribution in [3.05, 3.63) is 30.2 Å². The van der Waals surface area contributed by atoms with Gasteiger partial charge in [-0.1, -0.05) is 6.08 Å². The standard InChI is InChI=1S/C17H27N5O/c1-20(2)8-5-6-17(23)22-9-7-14(12-22)10-15-11-16(21(3)4)19-13-18-15/h5-6,11,13-14H,7-10,12H2,1-4H3/b6-5+. The van der Waals surface area contributed by atoms with E-state index < -0.39 is 0 Å². The smallest absolute Gasteiger partial charge is 0.246 e. The lowest BCUT2D eigenvalue weighted by Gasteiger charge is -2.15. The Hall–Kier alpha value is -1.95. The van der Waals surface area contributed by atoms with E-state index in [-0.39, 0.29) is 5.91 Å². The summed E-state index contributed by atoms with van der Waals surface area (Å²) >= 11 is 0. The summed E-state index contributed by atoms with van der Waals surface area (Å²) < 4.78 is 0. The minimum Gasteiger partial charge on any atom is -0.363 e. The molecule has 0 radical (unpaired) electrons. The first-order valence-electron chi connectivity index (χ1n) is 8.04. The Morgan fingerprint density at radius 2 is 2.13 bits per heavy atom. The Labute approximate surface area is 138 Å². The van der Waals surface area contributed by atoms with E-state index in [4.69, 9.17) is 0 Å². The van der Waals surface area contributed by atoms with Crippen molar-refractivity contribution < 1.29 is 4.79 Å². The van der Waals surface area contributed by atoms with Gasteiger partial charge in [0, 0.05) is 51.6 Å². The van der Waals surface area contributed by atoms with Crippen LogP contribution in [0.1, 0.15) is 12.1 Å². The molecule has 0 N–H and O–H groups in total. The molecule has 0 bridgehead atoms. The van der Waals surface area contributed by atoms with Crippen LogP contribution in [0.2, 0.25) is 0 Å². The van der Waals surface area contributed by atoms with E-state index in [0.717, 1.165) is 44.0 Å². The highest BCUT2D eigenvalue weighted by atomic mass is 16.2. The predicted molar refractivity (Wildman–Crippen MR) is 92.4 cm³/mol.